The van der Waals surface area contributed by atoms with Gasteiger partial charge >= 0.3 is 0 Å². The molecule has 0 spiro atoms. The van der Waals surface area contributed by atoms with Gasteiger partial charge in [-0.1, -0.05) is 84.9 Å². The molecule has 0 saturated carbocycles. The highest BCUT2D eigenvalue weighted by Gasteiger charge is 2.30. The van der Waals surface area contributed by atoms with Gasteiger partial charge in [0.15, 0.2) is 0 Å². The molecule has 8 rings (SSSR count). The first-order valence-electron chi connectivity index (χ1n) is 14.0. The van der Waals surface area contributed by atoms with Crippen molar-refractivity contribution >= 4 is 16.6 Å². The van der Waals surface area contributed by atoms with E-state index >= 15 is 0 Å². The van der Waals surface area contributed by atoms with Crippen LogP contribution in [0.4, 0.5) is 5.69 Å². The number of benzene rings is 4. The van der Waals surface area contributed by atoms with Crippen LogP contribution in [-0.2, 0) is 19.8 Å². The monoisotopic (exact) mass is 532 g/mol. The molecule has 0 radical (unpaired) electrons. The fourth-order valence-electron chi connectivity index (χ4n) is 5.69. The van der Waals surface area contributed by atoms with Gasteiger partial charge in [0.2, 0.25) is 0 Å². The van der Waals surface area contributed by atoms with Crippen molar-refractivity contribution in [3.05, 3.63) is 126 Å². The Morgan fingerprint density at radius 2 is 1.32 bits per heavy atom. The number of hydrogen-bond donors (Lipinski definition) is 3. The van der Waals surface area contributed by atoms with E-state index in [4.69, 9.17) is 15.3 Å². The molecule has 0 unspecified atom stereocenters. The van der Waals surface area contributed by atoms with Crippen LogP contribution in [0, 0.1) is 0 Å². The van der Waals surface area contributed by atoms with E-state index in [1.165, 1.54) is 53.7 Å². The lowest BCUT2D eigenvalue weighted by Crippen LogP contribution is -2.28. The van der Waals surface area contributed by atoms with Gasteiger partial charge in [-0.2, -0.15) is 0 Å². The summed E-state index contributed by atoms with van der Waals surface area (Å²) in [5, 5.41) is 1.34. The summed E-state index contributed by atoms with van der Waals surface area (Å²) in [7, 11) is 0. The van der Waals surface area contributed by atoms with Crippen molar-refractivity contribution in [3.63, 3.8) is 0 Å². The number of nitrogens with one attached hydrogen (secondary N) is 2. The maximum Gasteiger partial charge on any atom is 0.144 e. The van der Waals surface area contributed by atoms with Gasteiger partial charge < -0.3 is 19.9 Å². The zero-order valence-electron chi connectivity index (χ0n) is 22.7. The third-order valence-corrected chi connectivity index (χ3v) is 7.83. The third-order valence-electron chi connectivity index (χ3n) is 7.83. The van der Waals surface area contributed by atoms with Crippen molar-refractivity contribution in [2.75, 3.05) is 18.5 Å². The highest BCUT2D eigenvalue weighted by molar-refractivity contribution is 5.90. The molecule has 3 aliphatic rings. The summed E-state index contributed by atoms with van der Waals surface area (Å²) in [5.74, 6) is 7.80. The number of fused-ring (bicyclic) bond motifs is 3. The summed E-state index contributed by atoms with van der Waals surface area (Å²) in [4.78, 5) is 6.33. The second kappa shape index (κ2) is 12.3. The van der Waals surface area contributed by atoms with Crippen LogP contribution in [0.15, 0.2) is 103 Å². The molecule has 4 heterocycles. The predicted octanol–water partition coefficient (Wildman–Crippen LogP) is 6.99. The smallest absolute Gasteiger partial charge is 0.144 e. The number of ether oxygens (including phenoxy) is 2. The summed E-state index contributed by atoms with van der Waals surface area (Å²) in [6.45, 7) is 4.70. The fourth-order valence-corrected chi connectivity index (χ4v) is 5.69. The van der Waals surface area contributed by atoms with Crippen molar-refractivity contribution in [1.82, 2.24) is 9.88 Å². The Hall–Kier alpha value is -4.26. The lowest BCUT2D eigenvalue weighted by molar-refractivity contribution is 0.220. The number of piperidine rings is 1. The van der Waals surface area contributed by atoms with Crippen molar-refractivity contribution in [1.29, 1.82) is 0 Å². The average molecular weight is 533 g/mol. The Balaban J connectivity index is 0.000000158. The van der Waals surface area contributed by atoms with Gasteiger partial charge in [-0.15, -0.1) is 0 Å². The van der Waals surface area contributed by atoms with E-state index < -0.39 is 0 Å². The Labute approximate surface area is 235 Å². The van der Waals surface area contributed by atoms with Crippen LogP contribution >= 0.6 is 0 Å². The lowest BCUT2D eigenvalue weighted by Gasteiger charge is -2.26. The number of nitrogens with zero attached hydrogens (tertiary/aromatic N) is 1. The molecule has 3 aliphatic heterocycles. The number of hydrogen-bond acceptors (Lipinski definition) is 5. The van der Waals surface area contributed by atoms with Crippen molar-refractivity contribution in [2.45, 2.75) is 38.5 Å². The molecule has 0 amide bonds. The van der Waals surface area contributed by atoms with E-state index in [0.29, 0.717) is 19.1 Å². The van der Waals surface area contributed by atoms with Gasteiger partial charge in [0.05, 0.1) is 11.2 Å². The summed E-state index contributed by atoms with van der Waals surface area (Å²) in [6.07, 6.45) is 2.56. The number of para-hydroxylation sites is 3. The zero-order valence-corrected chi connectivity index (χ0v) is 22.7. The minimum Gasteiger partial charge on any atom is -0.487 e. The molecule has 204 valence electrons. The lowest BCUT2D eigenvalue weighted by atomic mass is 9.94. The number of H-pyrrole nitrogens is 1. The molecule has 6 heteroatoms. The molecule has 5 aromatic rings. The third kappa shape index (κ3) is 5.83. The molecule has 6 nitrogen and oxygen atoms in total. The van der Waals surface area contributed by atoms with Gasteiger partial charge in [0.25, 0.3) is 0 Å². The molecule has 1 fully saturated rings. The van der Waals surface area contributed by atoms with Gasteiger partial charge in [-0.25, -0.2) is 0 Å². The second-order valence-corrected chi connectivity index (χ2v) is 10.4. The van der Waals surface area contributed by atoms with E-state index in [0.717, 1.165) is 29.3 Å². The van der Waals surface area contributed by atoms with Gasteiger partial charge in [-0.3, -0.25) is 10.7 Å². The van der Waals surface area contributed by atoms with Gasteiger partial charge in [0, 0.05) is 23.5 Å². The number of aromatic nitrogens is 1. The fraction of sp³-hybridized carbons (Fsp3) is 0.235. The van der Waals surface area contributed by atoms with Crippen LogP contribution in [0.5, 0.6) is 11.5 Å². The molecule has 0 atom stereocenters. The summed E-state index contributed by atoms with van der Waals surface area (Å²) < 4.78 is 11.8. The number of rotatable bonds is 7. The predicted molar refractivity (Wildman–Crippen MR) is 161 cm³/mol. The van der Waals surface area contributed by atoms with Gasteiger partial charge in [-0.05, 0) is 60.8 Å². The zero-order chi connectivity index (χ0) is 27.1. The summed E-state index contributed by atoms with van der Waals surface area (Å²) in [6, 6.07) is 34.4. The standard InChI is InChI=1S/C21H22N2O.C13H14N2O/c1-2-5-15(6-3-1)14-24-19-8-4-7-17-18-13-23-11-9-16(10-12-23)20(18)22-21(17)19;14-15-12-8-4-5-9-13(12)16-10-11-6-2-1-3-7-11/h1-8,16,22H,9-14H2;1-9,15H,10,14H2. The SMILES string of the molecule is NNc1ccccc1OCc1ccccc1.c1ccc(COc2cccc3c4c([nH]c23)C2CCN(CC2)C4)cc1. The topological polar surface area (TPSA) is 75.5 Å². The minimum atomic E-state index is 0.541. The highest BCUT2D eigenvalue weighted by atomic mass is 16.5. The van der Waals surface area contributed by atoms with E-state index in [1.54, 1.807) is 0 Å². The van der Waals surface area contributed by atoms with Crippen LogP contribution in [-0.4, -0.2) is 23.0 Å². The van der Waals surface area contributed by atoms with E-state index in [-0.39, 0.29) is 0 Å². The molecule has 4 aromatic carbocycles. The van der Waals surface area contributed by atoms with E-state index in [2.05, 4.69) is 57.8 Å². The van der Waals surface area contributed by atoms with Crippen molar-refractivity contribution in [2.24, 2.45) is 5.84 Å². The first kappa shape index (κ1) is 26.0. The molecule has 40 heavy (non-hydrogen) atoms. The molecule has 2 bridgehead atoms. The number of nitrogens with two attached hydrogens (primary N) is 1. The second-order valence-electron chi connectivity index (χ2n) is 10.4. The quantitative estimate of drug-likeness (QED) is 0.156. The first-order valence-corrected chi connectivity index (χ1v) is 14.0. The Bertz CT molecular complexity index is 1530. The first-order chi connectivity index (χ1) is 19.8. The van der Waals surface area contributed by atoms with Crippen LogP contribution in [0.2, 0.25) is 0 Å². The van der Waals surface area contributed by atoms with Crippen molar-refractivity contribution < 1.29 is 9.47 Å². The van der Waals surface area contributed by atoms with Crippen LogP contribution in [0.25, 0.3) is 10.9 Å². The normalized spacial score (nSPS) is 17.3. The minimum absolute atomic E-state index is 0.541. The number of aromatic amines is 1. The molecule has 0 aliphatic carbocycles. The van der Waals surface area contributed by atoms with Crippen LogP contribution in [0.3, 0.4) is 0 Å². The summed E-state index contributed by atoms with van der Waals surface area (Å²) in [5.41, 5.74) is 9.86. The van der Waals surface area contributed by atoms with Gasteiger partial charge in [0.1, 0.15) is 24.7 Å². The van der Waals surface area contributed by atoms with Crippen LogP contribution < -0.4 is 20.7 Å². The Morgan fingerprint density at radius 3 is 2.00 bits per heavy atom. The van der Waals surface area contributed by atoms with Crippen molar-refractivity contribution in [3.8, 4) is 11.5 Å². The highest BCUT2D eigenvalue weighted by Crippen LogP contribution is 2.40. The average Bonchev–Trinajstić information content (AvgIpc) is 3.19. The van der Waals surface area contributed by atoms with E-state index in [9.17, 15) is 0 Å². The largest absolute Gasteiger partial charge is 0.487 e. The van der Waals surface area contributed by atoms with E-state index in [1.807, 2.05) is 60.7 Å². The Morgan fingerprint density at radius 1 is 0.725 bits per heavy atom. The number of anilines is 1. The number of nitrogen functional groups attached to an aromatic ring is 1. The maximum absolute atomic E-state index is 6.15. The summed E-state index contributed by atoms with van der Waals surface area (Å²) >= 11 is 0. The molecule has 1 aromatic heterocycles. The number of hydrazine groups is 1. The molecule has 4 N–H and O–H groups in total. The Kier molecular flexibility index (Phi) is 7.98. The maximum atomic E-state index is 6.15. The van der Waals surface area contributed by atoms with Crippen LogP contribution in [0.1, 0.15) is 41.1 Å². The molecule has 1 saturated heterocycles. The molecular weight excluding hydrogens is 496 g/mol. The molecular formula is C34H36N4O2.